The van der Waals surface area contributed by atoms with Crippen molar-refractivity contribution in [1.29, 1.82) is 5.26 Å². The number of hydrogen-bond acceptors (Lipinski definition) is 4. The molecule has 0 aliphatic rings. The molecular weight excluding hydrogens is 444 g/mol. The van der Waals surface area contributed by atoms with E-state index in [1.165, 1.54) is 22.9 Å². The first-order valence-corrected chi connectivity index (χ1v) is 12.8. The van der Waals surface area contributed by atoms with Crippen molar-refractivity contribution in [2.45, 2.75) is 38.8 Å². The Hall–Kier alpha value is -3.65. The van der Waals surface area contributed by atoms with Crippen molar-refractivity contribution in [2.24, 2.45) is 0 Å². The molecule has 4 aromatic rings. The minimum absolute atomic E-state index is 0.0957. The lowest BCUT2D eigenvalue weighted by Crippen LogP contribution is -2.26. The Labute approximate surface area is 214 Å². The standard InChI is InChI=1S/C32H34N2O2/c33-23-27-11-7-12-28(20-27)24-34(17-18-35)25-29-13-14-31-22-32(16-15-30(31)21-29)36-19-6-2-5-10-26-8-3-1-4-9-26/h1,3-4,7-9,11-16,20-22,35H,2,5-6,10,17-19,24-25H2. The van der Waals surface area contributed by atoms with Gasteiger partial charge in [0.1, 0.15) is 5.75 Å². The van der Waals surface area contributed by atoms with E-state index in [0.717, 1.165) is 49.1 Å². The predicted molar refractivity (Wildman–Crippen MR) is 146 cm³/mol. The molecule has 0 heterocycles. The van der Waals surface area contributed by atoms with E-state index < -0.39 is 0 Å². The van der Waals surface area contributed by atoms with E-state index in [4.69, 9.17) is 10.00 Å². The van der Waals surface area contributed by atoms with Gasteiger partial charge in [0.2, 0.25) is 0 Å². The van der Waals surface area contributed by atoms with E-state index in [1.807, 2.05) is 24.3 Å². The number of nitrogens with zero attached hydrogens (tertiary/aromatic N) is 2. The summed E-state index contributed by atoms with van der Waals surface area (Å²) in [6, 6.07) is 33.3. The molecule has 0 spiro atoms. The molecule has 0 aromatic heterocycles. The molecule has 0 unspecified atom stereocenters. The van der Waals surface area contributed by atoms with Crippen molar-refractivity contribution in [3.63, 3.8) is 0 Å². The number of benzene rings is 4. The van der Waals surface area contributed by atoms with Crippen molar-refractivity contribution in [3.05, 3.63) is 113 Å². The first kappa shape index (κ1) is 25.4. The van der Waals surface area contributed by atoms with Crippen LogP contribution in [-0.4, -0.2) is 29.8 Å². The van der Waals surface area contributed by atoms with Crippen LogP contribution in [0.4, 0.5) is 0 Å². The maximum absolute atomic E-state index is 9.56. The number of aliphatic hydroxyl groups is 1. The van der Waals surface area contributed by atoms with Crippen LogP contribution in [0.5, 0.6) is 5.75 Å². The van der Waals surface area contributed by atoms with Gasteiger partial charge in [-0.1, -0.05) is 60.7 Å². The Kier molecular flexibility index (Phi) is 9.50. The number of aliphatic hydroxyl groups excluding tert-OH is 1. The summed E-state index contributed by atoms with van der Waals surface area (Å²) < 4.78 is 6.02. The van der Waals surface area contributed by atoms with Gasteiger partial charge < -0.3 is 9.84 Å². The topological polar surface area (TPSA) is 56.5 Å². The summed E-state index contributed by atoms with van der Waals surface area (Å²) in [7, 11) is 0. The van der Waals surface area contributed by atoms with E-state index in [-0.39, 0.29) is 6.61 Å². The third kappa shape index (κ3) is 7.68. The van der Waals surface area contributed by atoms with Crippen LogP contribution in [0.2, 0.25) is 0 Å². The first-order chi connectivity index (χ1) is 17.7. The summed E-state index contributed by atoms with van der Waals surface area (Å²) in [6.45, 7) is 2.83. The maximum atomic E-state index is 9.56. The van der Waals surface area contributed by atoms with Crippen LogP contribution < -0.4 is 4.74 Å². The summed E-state index contributed by atoms with van der Waals surface area (Å²) >= 11 is 0. The molecule has 4 aromatic carbocycles. The minimum atomic E-state index is 0.0957. The van der Waals surface area contributed by atoms with Gasteiger partial charge in [0.05, 0.1) is 24.8 Å². The SMILES string of the molecule is N#Cc1cccc(CN(CCO)Cc2ccc3cc(OCCCCCc4ccccc4)ccc3c2)c1. The number of aryl methyl sites for hydroxylation is 1. The second kappa shape index (κ2) is 13.4. The molecule has 0 fully saturated rings. The lowest BCUT2D eigenvalue weighted by molar-refractivity contribution is 0.184. The highest BCUT2D eigenvalue weighted by molar-refractivity contribution is 5.84. The molecule has 4 heteroatoms. The summed E-state index contributed by atoms with van der Waals surface area (Å²) in [5.74, 6) is 0.914. The maximum Gasteiger partial charge on any atom is 0.119 e. The van der Waals surface area contributed by atoms with Gasteiger partial charge in [0.25, 0.3) is 0 Å². The average molecular weight is 479 g/mol. The fraction of sp³-hybridized carbons (Fsp3) is 0.281. The molecule has 0 saturated heterocycles. The Bertz CT molecular complexity index is 1280. The first-order valence-electron chi connectivity index (χ1n) is 12.8. The Morgan fingerprint density at radius 3 is 2.28 bits per heavy atom. The minimum Gasteiger partial charge on any atom is -0.494 e. The van der Waals surface area contributed by atoms with Gasteiger partial charge >= 0.3 is 0 Å². The van der Waals surface area contributed by atoms with Crippen LogP contribution in [-0.2, 0) is 19.5 Å². The van der Waals surface area contributed by atoms with Gasteiger partial charge in [-0.2, -0.15) is 5.26 Å². The van der Waals surface area contributed by atoms with E-state index in [0.29, 0.717) is 18.7 Å². The highest BCUT2D eigenvalue weighted by atomic mass is 16.5. The quantitative estimate of drug-likeness (QED) is 0.223. The summed E-state index contributed by atoms with van der Waals surface area (Å²) in [4.78, 5) is 2.20. The molecule has 36 heavy (non-hydrogen) atoms. The number of rotatable bonds is 13. The molecule has 0 bridgehead atoms. The second-order valence-electron chi connectivity index (χ2n) is 9.23. The summed E-state index contributed by atoms with van der Waals surface area (Å²) in [6.07, 6.45) is 4.53. The lowest BCUT2D eigenvalue weighted by atomic mass is 10.1. The van der Waals surface area contributed by atoms with E-state index in [9.17, 15) is 5.11 Å². The third-order valence-corrected chi connectivity index (χ3v) is 6.38. The van der Waals surface area contributed by atoms with Gasteiger partial charge in [-0.15, -0.1) is 0 Å². The molecule has 0 saturated carbocycles. The molecule has 0 atom stereocenters. The fourth-order valence-corrected chi connectivity index (χ4v) is 4.52. The number of nitriles is 1. The molecular formula is C32H34N2O2. The normalized spacial score (nSPS) is 11.0. The molecule has 0 amide bonds. The molecule has 4 nitrogen and oxygen atoms in total. The smallest absolute Gasteiger partial charge is 0.119 e. The largest absolute Gasteiger partial charge is 0.494 e. The van der Waals surface area contributed by atoms with Gasteiger partial charge in [-0.05, 0) is 83.5 Å². The number of fused-ring (bicyclic) bond motifs is 1. The fourth-order valence-electron chi connectivity index (χ4n) is 4.52. The molecule has 0 aliphatic carbocycles. The summed E-state index contributed by atoms with van der Waals surface area (Å²) in [5, 5.41) is 21.1. The van der Waals surface area contributed by atoms with Gasteiger partial charge in [-0.3, -0.25) is 4.90 Å². The van der Waals surface area contributed by atoms with Crippen LogP contribution in [0.15, 0.2) is 91.0 Å². The van der Waals surface area contributed by atoms with Gasteiger partial charge in [0, 0.05) is 19.6 Å². The van der Waals surface area contributed by atoms with E-state index in [2.05, 4.69) is 77.7 Å². The van der Waals surface area contributed by atoms with Crippen molar-refractivity contribution in [2.75, 3.05) is 19.8 Å². The Balaban J connectivity index is 1.29. The third-order valence-electron chi connectivity index (χ3n) is 6.38. The van der Waals surface area contributed by atoms with Crippen molar-refractivity contribution >= 4 is 10.8 Å². The van der Waals surface area contributed by atoms with Crippen molar-refractivity contribution < 1.29 is 9.84 Å². The van der Waals surface area contributed by atoms with Crippen LogP contribution in [0.1, 0.15) is 41.5 Å². The van der Waals surface area contributed by atoms with Crippen LogP contribution in [0.25, 0.3) is 10.8 Å². The number of ether oxygens (including phenoxy) is 1. The van der Waals surface area contributed by atoms with Gasteiger partial charge in [-0.25, -0.2) is 0 Å². The van der Waals surface area contributed by atoms with Gasteiger partial charge in [0.15, 0.2) is 0 Å². The zero-order chi connectivity index (χ0) is 25.0. The zero-order valence-electron chi connectivity index (χ0n) is 20.8. The molecule has 4 rings (SSSR count). The van der Waals surface area contributed by atoms with E-state index >= 15 is 0 Å². The van der Waals surface area contributed by atoms with Crippen LogP contribution in [0, 0.1) is 11.3 Å². The number of hydrogen-bond donors (Lipinski definition) is 1. The zero-order valence-corrected chi connectivity index (χ0v) is 20.8. The average Bonchev–Trinajstić information content (AvgIpc) is 2.91. The lowest BCUT2D eigenvalue weighted by Gasteiger charge is -2.22. The summed E-state index contributed by atoms with van der Waals surface area (Å²) in [5.41, 5.74) is 4.33. The predicted octanol–water partition coefficient (Wildman–Crippen LogP) is 6.50. The van der Waals surface area contributed by atoms with Crippen LogP contribution >= 0.6 is 0 Å². The Morgan fingerprint density at radius 2 is 1.47 bits per heavy atom. The molecule has 1 N–H and O–H groups in total. The van der Waals surface area contributed by atoms with Crippen LogP contribution in [0.3, 0.4) is 0 Å². The molecule has 0 radical (unpaired) electrons. The molecule has 0 aliphatic heterocycles. The second-order valence-corrected chi connectivity index (χ2v) is 9.23. The molecule has 184 valence electrons. The van der Waals surface area contributed by atoms with Crippen molar-refractivity contribution in [3.8, 4) is 11.8 Å². The monoisotopic (exact) mass is 478 g/mol. The van der Waals surface area contributed by atoms with Crippen molar-refractivity contribution in [1.82, 2.24) is 4.90 Å². The van der Waals surface area contributed by atoms with E-state index in [1.54, 1.807) is 0 Å². The highest BCUT2D eigenvalue weighted by Crippen LogP contribution is 2.23. The highest BCUT2D eigenvalue weighted by Gasteiger charge is 2.09. The Morgan fingerprint density at radius 1 is 0.722 bits per heavy atom. The number of unbranched alkanes of at least 4 members (excludes halogenated alkanes) is 2.